The van der Waals surface area contributed by atoms with Crippen molar-refractivity contribution in [1.29, 1.82) is 0 Å². The average Bonchev–Trinajstić information content (AvgIpc) is 2.36. The molecule has 0 spiro atoms. The Morgan fingerprint density at radius 2 is 2.06 bits per heavy atom. The molecule has 0 radical (unpaired) electrons. The third-order valence-corrected chi connectivity index (χ3v) is 2.90. The third kappa shape index (κ3) is 4.02. The third-order valence-electron chi connectivity index (χ3n) is 2.90. The van der Waals surface area contributed by atoms with Crippen LogP contribution in [0.3, 0.4) is 0 Å². The lowest BCUT2D eigenvalue weighted by molar-refractivity contribution is 0.0919. The minimum absolute atomic E-state index is 0.102. The molecule has 1 aromatic rings. The summed E-state index contributed by atoms with van der Waals surface area (Å²) >= 11 is 0. The number of hydrogen-bond donors (Lipinski definition) is 2. The summed E-state index contributed by atoms with van der Waals surface area (Å²) in [5, 5.41) is 6.12. The molecule has 1 heterocycles. The molecule has 0 aromatic carbocycles. The number of hydrogen-bond acceptors (Lipinski definition) is 3. The van der Waals surface area contributed by atoms with Gasteiger partial charge in [-0.2, -0.15) is 0 Å². The maximum absolute atomic E-state index is 12.1. The second kappa shape index (κ2) is 6.99. The molecule has 4 nitrogen and oxygen atoms in total. The SMILES string of the molecule is CCNc1cccc(C(=O)NC(CC)C(C)C)n1. The minimum atomic E-state index is -0.102. The van der Waals surface area contributed by atoms with Crippen LogP contribution in [-0.2, 0) is 0 Å². The van der Waals surface area contributed by atoms with E-state index in [2.05, 4.69) is 36.4 Å². The van der Waals surface area contributed by atoms with Crippen molar-refractivity contribution in [2.45, 2.75) is 40.2 Å². The Morgan fingerprint density at radius 1 is 1.33 bits per heavy atom. The summed E-state index contributed by atoms with van der Waals surface area (Å²) in [6.07, 6.45) is 0.927. The van der Waals surface area contributed by atoms with Gasteiger partial charge in [0.15, 0.2) is 0 Å². The highest BCUT2D eigenvalue weighted by molar-refractivity contribution is 5.92. The maximum Gasteiger partial charge on any atom is 0.270 e. The van der Waals surface area contributed by atoms with Crippen LogP contribution in [0.5, 0.6) is 0 Å². The topological polar surface area (TPSA) is 54.0 Å². The van der Waals surface area contributed by atoms with E-state index < -0.39 is 0 Å². The Hall–Kier alpha value is -1.58. The van der Waals surface area contributed by atoms with Crippen molar-refractivity contribution in [3.63, 3.8) is 0 Å². The minimum Gasteiger partial charge on any atom is -0.370 e. The molecule has 0 aliphatic rings. The van der Waals surface area contributed by atoms with E-state index in [9.17, 15) is 4.79 Å². The van der Waals surface area contributed by atoms with Gasteiger partial charge < -0.3 is 10.6 Å². The molecule has 100 valence electrons. The number of aromatic nitrogens is 1. The summed E-state index contributed by atoms with van der Waals surface area (Å²) in [7, 11) is 0. The maximum atomic E-state index is 12.1. The monoisotopic (exact) mass is 249 g/mol. The average molecular weight is 249 g/mol. The number of anilines is 1. The van der Waals surface area contributed by atoms with Gasteiger partial charge in [0.2, 0.25) is 0 Å². The first kappa shape index (κ1) is 14.5. The number of nitrogens with one attached hydrogen (secondary N) is 2. The molecule has 0 saturated carbocycles. The molecule has 0 aliphatic heterocycles. The zero-order valence-corrected chi connectivity index (χ0v) is 11.7. The molecule has 1 rings (SSSR count). The van der Waals surface area contributed by atoms with E-state index >= 15 is 0 Å². The summed E-state index contributed by atoms with van der Waals surface area (Å²) in [6.45, 7) is 9.09. The Bertz CT molecular complexity index is 390. The molecular weight excluding hydrogens is 226 g/mol. The molecule has 4 heteroatoms. The Kier molecular flexibility index (Phi) is 5.62. The predicted molar refractivity (Wildman–Crippen MR) is 74.8 cm³/mol. The van der Waals surface area contributed by atoms with Crippen LogP contribution >= 0.6 is 0 Å². The molecule has 1 unspecified atom stereocenters. The molecule has 2 N–H and O–H groups in total. The first-order valence-electron chi connectivity index (χ1n) is 6.60. The fourth-order valence-corrected chi connectivity index (χ4v) is 1.82. The zero-order chi connectivity index (χ0) is 13.5. The Balaban J connectivity index is 2.74. The first-order valence-corrected chi connectivity index (χ1v) is 6.60. The van der Waals surface area contributed by atoms with Gasteiger partial charge >= 0.3 is 0 Å². The molecule has 0 aliphatic carbocycles. The fraction of sp³-hybridized carbons (Fsp3) is 0.571. The lowest BCUT2D eigenvalue weighted by atomic mass is 10.0. The van der Waals surface area contributed by atoms with E-state index in [-0.39, 0.29) is 11.9 Å². The van der Waals surface area contributed by atoms with E-state index in [4.69, 9.17) is 0 Å². The van der Waals surface area contributed by atoms with E-state index in [1.165, 1.54) is 0 Å². The van der Waals surface area contributed by atoms with Crippen molar-refractivity contribution in [2.75, 3.05) is 11.9 Å². The number of pyridine rings is 1. The van der Waals surface area contributed by atoms with Crippen molar-refractivity contribution >= 4 is 11.7 Å². The summed E-state index contributed by atoms with van der Waals surface area (Å²) < 4.78 is 0. The molecule has 1 atom stereocenters. The van der Waals surface area contributed by atoms with Crippen LogP contribution in [0.2, 0.25) is 0 Å². The van der Waals surface area contributed by atoms with Crippen LogP contribution in [0.4, 0.5) is 5.82 Å². The molecule has 1 amide bonds. The van der Waals surface area contributed by atoms with Crippen LogP contribution in [0, 0.1) is 5.92 Å². The van der Waals surface area contributed by atoms with Gasteiger partial charge in [-0.05, 0) is 31.4 Å². The van der Waals surface area contributed by atoms with Gasteiger partial charge in [0.05, 0.1) is 0 Å². The van der Waals surface area contributed by atoms with Crippen molar-refractivity contribution in [3.8, 4) is 0 Å². The quantitative estimate of drug-likeness (QED) is 0.815. The lowest BCUT2D eigenvalue weighted by Crippen LogP contribution is -2.38. The van der Waals surface area contributed by atoms with E-state index in [0.717, 1.165) is 18.8 Å². The summed E-state index contributed by atoms with van der Waals surface area (Å²) in [5.74, 6) is 1.06. The van der Waals surface area contributed by atoms with E-state index in [0.29, 0.717) is 11.6 Å². The van der Waals surface area contributed by atoms with Gasteiger partial charge in [-0.15, -0.1) is 0 Å². The molecule has 0 saturated heterocycles. The summed E-state index contributed by atoms with van der Waals surface area (Å²) in [6, 6.07) is 5.64. The highest BCUT2D eigenvalue weighted by atomic mass is 16.1. The highest BCUT2D eigenvalue weighted by Gasteiger charge is 2.16. The fourth-order valence-electron chi connectivity index (χ4n) is 1.82. The zero-order valence-electron chi connectivity index (χ0n) is 11.7. The molecule has 0 bridgehead atoms. The Morgan fingerprint density at radius 3 is 2.61 bits per heavy atom. The van der Waals surface area contributed by atoms with Crippen LogP contribution in [-0.4, -0.2) is 23.5 Å². The van der Waals surface area contributed by atoms with Gasteiger partial charge in [0, 0.05) is 12.6 Å². The number of carbonyl (C=O) groups is 1. The normalized spacial score (nSPS) is 12.3. The number of rotatable bonds is 6. The second-order valence-corrected chi connectivity index (χ2v) is 4.67. The van der Waals surface area contributed by atoms with E-state index in [1.54, 1.807) is 6.07 Å². The van der Waals surface area contributed by atoms with Gasteiger partial charge in [-0.25, -0.2) is 4.98 Å². The number of amides is 1. The largest absolute Gasteiger partial charge is 0.370 e. The first-order chi connectivity index (χ1) is 8.58. The second-order valence-electron chi connectivity index (χ2n) is 4.67. The summed E-state index contributed by atoms with van der Waals surface area (Å²) in [4.78, 5) is 16.4. The van der Waals surface area contributed by atoms with Crippen molar-refractivity contribution in [1.82, 2.24) is 10.3 Å². The van der Waals surface area contributed by atoms with Gasteiger partial charge in [0.1, 0.15) is 11.5 Å². The van der Waals surface area contributed by atoms with Crippen LogP contribution in [0.1, 0.15) is 44.6 Å². The van der Waals surface area contributed by atoms with Crippen LogP contribution in [0.25, 0.3) is 0 Å². The van der Waals surface area contributed by atoms with Crippen molar-refractivity contribution < 1.29 is 4.79 Å². The molecule has 18 heavy (non-hydrogen) atoms. The molecule has 1 aromatic heterocycles. The van der Waals surface area contributed by atoms with Crippen LogP contribution < -0.4 is 10.6 Å². The standard InChI is InChI=1S/C14H23N3O/c1-5-11(10(3)4)17-14(18)12-8-7-9-13(16-12)15-6-2/h7-11H,5-6H2,1-4H3,(H,15,16)(H,17,18). The van der Waals surface area contributed by atoms with Crippen LogP contribution in [0.15, 0.2) is 18.2 Å². The van der Waals surface area contributed by atoms with Crippen molar-refractivity contribution in [2.24, 2.45) is 5.92 Å². The predicted octanol–water partition coefficient (Wildman–Crippen LogP) is 2.68. The smallest absolute Gasteiger partial charge is 0.270 e. The lowest BCUT2D eigenvalue weighted by Gasteiger charge is -2.20. The number of nitrogens with zero attached hydrogens (tertiary/aromatic N) is 1. The number of carbonyl (C=O) groups excluding carboxylic acids is 1. The van der Waals surface area contributed by atoms with E-state index in [1.807, 2.05) is 19.1 Å². The summed E-state index contributed by atoms with van der Waals surface area (Å²) in [5.41, 5.74) is 0.465. The molecule has 0 fully saturated rings. The molecular formula is C14H23N3O. The van der Waals surface area contributed by atoms with Gasteiger partial charge in [-0.3, -0.25) is 4.79 Å². The van der Waals surface area contributed by atoms with Gasteiger partial charge in [-0.1, -0.05) is 26.8 Å². The highest BCUT2D eigenvalue weighted by Crippen LogP contribution is 2.08. The van der Waals surface area contributed by atoms with Gasteiger partial charge in [0.25, 0.3) is 5.91 Å². The van der Waals surface area contributed by atoms with Crippen molar-refractivity contribution in [3.05, 3.63) is 23.9 Å². The Labute approximate surface area is 109 Å².